The summed E-state index contributed by atoms with van der Waals surface area (Å²) in [5.41, 5.74) is 1.27. The second-order valence-electron chi connectivity index (χ2n) is 5.62. The molecule has 28 heavy (non-hydrogen) atoms. The molecule has 0 fully saturated rings. The highest BCUT2D eigenvalue weighted by Crippen LogP contribution is 2.28. The van der Waals surface area contributed by atoms with E-state index in [0.29, 0.717) is 29.6 Å². The first-order chi connectivity index (χ1) is 13.4. The number of hydrogen-bond donors (Lipinski definition) is 2. The van der Waals surface area contributed by atoms with Gasteiger partial charge in [-0.1, -0.05) is 24.3 Å². The number of alkyl halides is 3. The van der Waals surface area contributed by atoms with Crippen molar-refractivity contribution in [3.63, 3.8) is 0 Å². The molecule has 2 aromatic rings. The minimum Gasteiger partial charge on any atom is -0.493 e. The van der Waals surface area contributed by atoms with Crippen molar-refractivity contribution in [3.05, 3.63) is 53.6 Å². The number of nitrogens with zero attached hydrogens (tertiary/aromatic N) is 1. The Kier molecular flexibility index (Phi) is 7.36. The molecule has 2 rings (SSSR count). The fourth-order valence-electron chi connectivity index (χ4n) is 2.45. The average molecular weight is 397 g/mol. The summed E-state index contributed by atoms with van der Waals surface area (Å²) >= 11 is 0. The summed E-state index contributed by atoms with van der Waals surface area (Å²) in [6, 6.07) is 11.4. The molecule has 0 bridgehead atoms. The van der Waals surface area contributed by atoms with Gasteiger partial charge in [0.1, 0.15) is 5.75 Å². The fraction of sp³-hybridized carbons (Fsp3) is 0.316. The maximum absolute atomic E-state index is 12.5. The molecule has 0 aliphatic rings. The third-order valence-electron chi connectivity index (χ3n) is 3.78. The smallest absolute Gasteiger partial charge is 0.493 e. The Morgan fingerprint density at radius 1 is 0.929 bits per heavy atom. The summed E-state index contributed by atoms with van der Waals surface area (Å²) in [5, 5.41) is 6.06. The van der Waals surface area contributed by atoms with Crippen LogP contribution in [0.5, 0.6) is 17.2 Å². The molecule has 9 heteroatoms. The van der Waals surface area contributed by atoms with Crippen LogP contribution in [0, 0.1) is 0 Å². The van der Waals surface area contributed by atoms with Crippen molar-refractivity contribution in [1.29, 1.82) is 0 Å². The van der Waals surface area contributed by atoms with Gasteiger partial charge < -0.3 is 24.8 Å². The van der Waals surface area contributed by atoms with Crippen LogP contribution < -0.4 is 24.8 Å². The van der Waals surface area contributed by atoms with Gasteiger partial charge in [0.2, 0.25) is 0 Å². The highest BCUT2D eigenvalue weighted by Gasteiger charge is 2.31. The van der Waals surface area contributed by atoms with E-state index in [2.05, 4.69) is 20.4 Å². The zero-order valence-corrected chi connectivity index (χ0v) is 15.8. The molecule has 0 saturated heterocycles. The van der Waals surface area contributed by atoms with Crippen molar-refractivity contribution >= 4 is 5.96 Å². The molecule has 6 nitrogen and oxygen atoms in total. The van der Waals surface area contributed by atoms with Crippen LogP contribution in [0.2, 0.25) is 0 Å². The number of guanidine groups is 1. The maximum Gasteiger partial charge on any atom is 0.573 e. The van der Waals surface area contributed by atoms with Crippen LogP contribution in [0.1, 0.15) is 11.1 Å². The second kappa shape index (κ2) is 9.72. The summed E-state index contributed by atoms with van der Waals surface area (Å²) in [4.78, 5) is 4.07. The number of aliphatic imine (C=N–C) groups is 1. The van der Waals surface area contributed by atoms with Crippen LogP contribution in [0.4, 0.5) is 13.2 Å². The lowest BCUT2D eigenvalue weighted by molar-refractivity contribution is -0.274. The standard InChI is InChI=1S/C19H22F3N3O3/c1-23-18(24-11-13-8-9-16(26-2)17(10-13)27-3)25-12-14-6-4-5-7-15(14)28-19(20,21)22/h4-10H,11-12H2,1-3H3,(H2,23,24,25). The van der Waals surface area contributed by atoms with Gasteiger partial charge in [0, 0.05) is 25.7 Å². The zero-order chi connectivity index (χ0) is 20.6. The lowest BCUT2D eigenvalue weighted by Gasteiger charge is -2.16. The van der Waals surface area contributed by atoms with Gasteiger partial charge in [0.05, 0.1) is 14.2 Å². The monoisotopic (exact) mass is 397 g/mol. The van der Waals surface area contributed by atoms with Gasteiger partial charge in [-0.25, -0.2) is 0 Å². The van der Waals surface area contributed by atoms with Crippen LogP contribution in [0.3, 0.4) is 0 Å². The summed E-state index contributed by atoms with van der Waals surface area (Å²) in [7, 11) is 4.68. The minimum atomic E-state index is -4.75. The van der Waals surface area contributed by atoms with Gasteiger partial charge in [0.15, 0.2) is 17.5 Å². The Morgan fingerprint density at radius 3 is 2.25 bits per heavy atom. The first kappa shape index (κ1) is 21.2. The van der Waals surface area contributed by atoms with E-state index in [4.69, 9.17) is 9.47 Å². The van der Waals surface area contributed by atoms with Crippen LogP contribution in [0.25, 0.3) is 0 Å². The van der Waals surface area contributed by atoms with E-state index in [1.54, 1.807) is 39.5 Å². The van der Waals surface area contributed by atoms with Gasteiger partial charge in [-0.3, -0.25) is 4.99 Å². The number of nitrogens with one attached hydrogen (secondary N) is 2. The highest BCUT2D eigenvalue weighted by molar-refractivity contribution is 5.79. The summed E-state index contributed by atoms with van der Waals surface area (Å²) < 4.78 is 52.0. The molecule has 0 heterocycles. The second-order valence-corrected chi connectivity index (χ2v) is 5.62. The predicted molar refractivity (Wildman–Crippen MR) is 99.7 cm³/mol. The molecule has 0 amide bonds. The number of halogens is 3. The van der Waals surface area contributed by atoms with E-state index >= 15 is 0 Å². The Hall–Kier alpha value is -3.10. The van der Waals surface area contributed by atoms with Crippen molar-refractivity contribution in [3.8, 4) is 17.2 Å². The summed E-state index contributed by atoms with van der Waals surface area (Å²) in [6.07, 6.45) is -4.75. The normalized spacial score (nSPS) is 11.7. The molecule has 2 aromatic carbocycles. The molecule has 2 N–H and O–H groups in total. The highest BCUT2D eigenvalue weighted by atomic mass is 19.4. The predicted octanol–water partition coefficient (Wildman–Crippen LogP) is 3.47. The fourth-order valence-corrected chi connectivity index (χ4v) is 2.45. The van der Waals surface area contributed by atoms with E-state index in [0.717, 1.165) is 5.56 Å². The molecular formula is C19H22F3N3O3. The number of methoxy groups -OCH3 is 2. The van der Waals surface area contributed by atoms with E-state index in [9.17, 15) is 13.2 Å². The van der Waals surface area contributed by atoms with E-state index in [1.165, 1.54) is 12.1 Å². The largest absolute Gasteiger partial charge is 0.573 e. The minimum absolute atomic E-state index is 0.109. The molecule has 0 aliphatic carbocycles. The van der Waals surface area contributed by atoms with Gasteiger partial charge >= 0.3 is 6.36 Å². The molecule has 0 aromatic heterocycles. The Labute approximate surface area is 161 Å². The molecular weight excluding hydrogens is 375 g/mol. The van der Waals surface area contributed by atoms with Crippen molar-refractivity contribution in [1.82, 2.24) is 10.6 Å². The van der Waals surface area contributed by atoms with Gasteiger partial charge in [-0.05, 0) is 23.8 Å². The Bertz CT molecular complexity index is 810. The number of ether oxygens (including phenoxy) is 3. The molecule has 0 atom stereocenters. The number of rotatable bonds is 7. The van der Waals surface area contributed by atoms with E-state index in [1.807, 2.05) is 12.1 Å². The van der Waals surface area contributed by atoms with Gasteiger partial charge in [-0.2, -0.15) is 0 Å². The molecule has 0 unspecified atom stereocenters. The Balaban J connectivity index is 1.97. The lowest BCUT2D eigenvalue weighted by Crippen LogP contribution is -2.36. The molecule has 0 radical (unpaired) electrons. The number of benzene rings is 2. The van der Waals surface area contributed by atoms with E-state index in [-0.39, 0.29) is 12.3 Å². The topological polar surface area (TPSA) is 64.1 Å². The quantitative estimate of drug-likeness (QED) is 0.553. The maximum atomic E-state index is 12.5. The average Bonchev–Trinajstić information content (AvgIpc) is 2.67. The first-order valence-electron chi connectivity index (χ1n) is 8.35. The molecule has 0 saturated carbocycles. The van der Waals surface area contributed by atoms with Gasteiger partial charge in [-0.15, -0.1) is 13.2 Å². The lowest BCUT2D eigenvalue weighted by atomic mass is 10.2. The molecule has 152 valence electrons. The third kappa shape index (κ3) is 6.26. The molecule has 0 spiro atoms. The summed E-state index contributed by atoms with van der Waals surface area (Å²) in [5.74, 6) is 1.40. The van der Waals surface area contributed by atoms with Crippen molar-refractivity contribution in [2.24, 2.45) is 4.99 Å². The van der Waals surface area contributed by atoms with Crippen LogP contribution in [0.15, 0.2) is 47.5 Å². The molecule has 0 aliphatic heterocycles. The van der Waals surface area contributed by atoms with Crippen LogP contribution in [-0.2, 0) is 13.1 Å². The van der Waals surface area contributed by atoms with Crippen LogP contribution >= 0.6 is 0 Å². The Morgan fingerprint density at radius 2 is 1.61 bits per heavy atom. The van der Waals surface area contributed by atoms with Gasteiger partial charge in [0.25, 0.3) is 0 Å². The number of hydrogen-bond acceptors (Lipinski definition) is 4. The SMILES string of the molecule is CN=C(NCc1ccc(OC)c(OC)c1)NCc1ccccc1OC(F)(F)F. The summed E-state index contributed by atoms with van der Waals surface area (Å²) in [6.45, 7) is 0.540. The number of para-hydroxylation sites is 1. The van der Waals surface area contributed by atoms with Crippen molar-refractivity contribution in [2.75, 3.05) is 21.3 Å². The van der Waals surface area contributed by atoms with Crippen LogP contribution in [-0.4, -0.2) is 33.6 Å². The van der Waals surface area contributed by atoms with Crippen molar-refractivity contribution in [2.45, 2.75) is 19.5 Å². The van der Waals surface area contributed by atoms with Crippen molar-refractivity contribution < 1.29 is 27.4 Å². The zero-order valence-electron chi connectivity index (χ0n) is 15.8. The third-order valence-corrected chi connectivity index (χ3v) is 3.78. The van der Waals surface area contributed by atoms with E-state index < -0.39 is 6.36 Å². The first-order valence-corrected chi connectivity index (χ1v) is 8.35.